The molecule has 1 unspecified atom stereocenters. The lowest BCUT2D eigenvalue weighted by atomic mass is 10.1. The van der Waals surface area contributed by atoms with Gasteiger partial charge in [0.2, 0.25) is 0 Å². The van der Waals surface area contributed by atoms with E-state index >= 15 is 0 Å². The Labute approximate surface area is 137 Å². The fraction of sp³-hybridized carbons (Fsp3) is 0.200. The third-order valence-corrected chi connectivity index (χ3v) is 4.42. The van der Waals surface area contributed by atoms with Crippen LogP contribution in [0.25, 0.3) is 0 Å². The number of nitrogens with two attached hydrogens (primary N) is 1. The SMILES string of the molecule is CCC(N)c1cccc(Oc2cc(Cl)c(Br)cc2Cl)c1. The van der Waals surface area contributed by atoms with E-state index < -0.39 is 0 Å². The molecule has 20 heavy (non-hydrogen) atoms. The minimum Gasteiger partial charge on any atom is -0.456 e. The highest BCUT2D eigenvalue weighted by Gasteiger charge is 2.09. The lowest BCUT2D eigenvalue weighted by Gasteiger charge is -2.13. The summed E-state index contributed by atoms with van der Waals surface area (Å²) in [7, 11) is 0. The molecule has 0 bridgehead atoms. The maximum Gasteiger partial charge on any atom is 0.147 e. The molecule has 0 saturated carbocycles. The third kappa shape index (κ3) is 3.67. The highest BCUT2D eigenvalue weighted by atomic mass is 79.9. The zero-order valence-electron chi connectivity index (χ0n) is 10.9. The number of rotatable bonds is 4. The van der Waals surface area contributed by atoms with Gasteiger partial charge in [0.25, 0.3) is 0 Å². The Morgan fingerprint density at radius 3 is 2.65 bits per heavy atom. The van der Waals surface area contributed by atoms with Gasteiger partial charge in [-0.15, -0.1) is 0 Å². The van der Waals surface area contributed by atoms with E-state index in [1.165, 1.54) is 0 Å². The summed E-state index contributed by atoms with van der Waals surface area (Å²) in [5.41, 5.74) is 7.05. The molecule has 1 atom stereocenters. The summed E-state index contributed by atoms with van der Waals surface area (Å²) in [6, 6.07) is 11.1. The molecule has 0 aliphatic heterocycles. The van der Waals surface area contributed by atoms with Crippen LogP contribution in [0.3, 0.4) is 0 Å². The van der Waals surface area contributed by atoms with Crippen LogP contribution in [0.1, 0.15) is 24.9 Å². The first-order valence-electron chi connectivity index (χ1n) is 6.19. The van der Waals surface area contributed by atoms with Crippen molar-refractivity contribution in [3.8, 4) is 11.5 Å². The van der Waals surface area contributed by atoms with Crippen LogP contribution >= 0.6 is 39.1 Å². The van der Waals surface area contributed by atoms with E-state index in [9.17, 15) is 0 Å². The van der Waals surface area contributed by atoms with Crippen molar-refractivity contribution in [3.05, 3.63) is 56.5 Å². The van der Waals surface area contributed by atoms with Crippen molar-refractivity contribution in [1.29, 1.82) is 0 Å². The molecule has 2 N–H and O–H groups in total. The Morgan fingerprint density at radius 1 is 1.20 bits per heavy atom. The van der Waals surface area contributed by atoms with Gasteiger partial charge in [0.05, 0.1) is 10.0 Å². The predicted octanol–water partition coefficient (Wildman–Crippen LogP) is 5.96. The maximum atomic E-state index is 6.14. The van der Waals surface area contributed by atoms with Crippen LogP contribution in [0.2, 0.25) is 10.0 Å². The lowest BCUT2D eigenvalue weighted by molar-refractivity contribution is 0.481. The van der Waals surface area contributed by atoms with Gasteiger partial charge in [0.15, 0.2) is 0 Å². The van der Waals surface area contributed by atoms with E-state index in [0.29, 0.717) is 21.5 Å². The highest BCUT2D eigenvalue weighted by molar-refractivity contribution is 9.10. The summed E-state index contributed by atoms with van der Waals surface area (Å²) in [5, 5.41) is 1.04. The molecule has 0 spiro atoms. The van der Waals surface area contributed by atoms with E-state index in [0.717, 1.165) is 16.5 Å². The summed E-state index contributed by atoms with van der Waals surface area (Å²) in [5.74, 6) is 1.20. The largest absolute Gasteiger partial charge is 0.456 e. The molecule has 2 aromatic rings. The number of hydrogen-bond donors (Lipinski definition) is 1. The Hall–Kier alpha value is -0.740. The van der Waals surface area contributed by atoms with Crippen LogP contribution in [0.4, 0.5) is 0 Å². The maximum absolute atomic E-state index is 6.14. The van der Waals surface area contributed by atoms with Gasteiger partial charge in [-0.3, -0.25) is 0 Å². The molecule has 0 aliphatic rings. The average Bonchev–Trinajstić information content (AvgIpc) is 2.44. The van der Waals surface area contributed by atoms with Crippen LogP contribution in [-0.2, 0) is 0 Å². The lowest BCUT2D eigenvalue weighted by Crippen LogP contribution is -2.08. The molecular formula is C15H14BrCl2NO. The summed E-state index contributed by atoms with van der Waals surface area (Å²) >= 11 is 15.5. The van der Waals surface area contributed by atoms with Gasteiger partial charge >= 0.3 is 0 Å². The predicted molar refractivity (Wildman–Crippen MR) is 87.9 cm³/mol. The third-order valence-electron chi connectivity index (χ3n) is 2.93. The average molecular weight is 375 g/mol. The minimum absolute atomic E-state index is 0.00234. The first-order chi connectivity index (χ1) is 9.51. The fourth-order valence-corrected chi connectivity index (χ4v) is 2.58. The quantitative estimate of drug-likeness (QED) is 0.670. The summed E-state index contributed by atoms with van der Waals surface area (Å²) in [4.78, 5) is 0. The Morgan fingerprint density at radius 2 is 1.95 bits per heavy atom. The van der Waals surface area contributed by atoms with E-state index in [1.54, 1.807) is 12.1 Å². The summed E-state index contributed by atoms with van der Waals surface area (Å²) < 4.78 is 6.52. The number of halogens is 3. The fourth-order valence-electron chi connectivity index (χ4n) is 1.75. The summed E-state index contributed by atoms with van der Waals surface area (Å²) in [6.07, 6.45) is 0.869. The van der Waals surface area contributed by atoms with Crippen LogP contribution in [0.5, 0.6) is 11.5 Å². The molecule has 2 rings (SSSR count). The number of hydrogen-bond acceptors (Lipinski definition) is 2. The first-order valence-corrected chi connectivity index (χ1v) is 7.74. The zero-order chi connectivity index (χ0) is 14.7. The second-order valence-corrected chi connectivity index (χ2v) is 6.05. The molecule has 0 aromatic heterocycles. The van der Waals surface area contributed by atoms with Crippen molar-refractivity contribution in [2.24, 2.45) is 5.73 Å². The van der Waals surface area contributed by atoms with Gasteiger partial charge in [0, 0.05) is 16.6 Å². The van der Waals surface area contributed by atoms with Crippen LogP contribution in [0.15, 0.2) is 40.9 Å². The molecule has 106 valence electrons. The van der Waals surface area contributed by atoms with Gasteiger partial charge in [-0.2, -0.15) is 0 Å². The van der Waals surface area contributed by atoms with Crippen molar-refractivity contribution >= 4 is 39.1 Å². The normalized spacial score (nSPS) is 12.2. The molecule has 2 nitrogen and oxygen atoms in total. The first kappa shape index (κ1) is 15.6. The molecule has 0 saturated heterocycles. The second-order valence-electron chi connectivity index (χ2n) is 4.39. The van der Waals surface area contributed by atoms with Gasteiger partial charge in [-0.25, -0.2) is 0 Å². The number of benzene rings is 2. The van der Waals surface area contributed by atoms with E-state index in [1.807, 2.05) is 31.2 Å². The van der Waals surface area contributed by atoms with E-state index in [4.69, 9.17) is 33.7 Å². The van der Waals surface area contributed by atoms with Crippen molar-refractivity contribution in [1.82, 2.24) is 0 Å². The molecule has 0 fully saturated rings. The van der Waals surface area contributed by atoms with Gasteiger partial charge in [0.1, 0.15) is 11.5 Å². The monoisotopic (exact) mass is 373 g/mol. The molecule has 0 radical (unpaired) electrons. The van der Waals surface area contributed by atoms with Gasteiger partial charge < -0.3 is 10.5 Å². The minimum atomic E-state index is 0.00234. The summed E-state index contributed by atoms with van der Waals surface area (Å²) in [6.45, 7) is 2.05. The molecule has 5 heteroatoms. The van der Waals surface area contributed by atoms with Gasteiger partial charge in [-0.05, 0) is 46.1 Å². The van der Waals surface area contributed by atoms with Crippen molar-refractivity contribution in [2.45, 2.75) is 19.4 Å². The molecule has 0 heterocycles. The Balaban J connectivity index is 2.28. The van der Waals surface area contributed by atoms with Crippen molar-refractivity contribution < 1.29 is 4.74 Å². The van der Waals surface area contributed by atoms with Crippen molar-refractivity contribution in [3.63, 3.8) is 0 Å². The van der Waals surface area contributed by atoms with Crippen LogP contribution in [-0.4, -0.2) is 0 Å². The van der Waals surface area contributed by atoms with E-state index in [-0.39, 0.29) is 6.04 Å². The molecule has 0 aliphatic carbocycles. The smallest absolute Gasteiger partial charge is 0.147 e. The highest BCUT2D eigenvalue weighted by Crippen LogP contribution is 2.36. The molecular weight excluding hydrogens is 361 g/mol. The molecule has 2 aromatic carbocycles. The van der Waals surface area contributed by atoms with Crippen LogP contribution in [0, 0.1) is 0 Å². The number of ether oxygens (including phenoxy) is 1. The zero-order valence-corrected chi connectivity index (χ0v) is 14.0. The van der Waals surface area contributed by atoms with E-state index in [2.05, 4.69) is 15.9 Å². The molecule has 0 amide bonds. The second kappa shape index (κ2) is 6.81. The standard InChI is InChI=1S/C15H14BrCl2NO/c1-2-14(19)9-4-3-5-10(6-9)20-15-8-12(17)11(16)7-13(15)18/h3-8,14H,2,19H2,1H3. The van der Waals surface area contributed by atoms with Crippen molar-refractivity contribution in [2.75, 3.05) is 0 Å². The van der Waals surface area contributed by atoms with Gasteiger partial charge in [-0.1, -0.05) is 42.3 Å². The Kier molecular flexibility index (Phi) is 5.33. The van der Waals surface area contributed by atoms with Crippen LogP contribution < -0.4 is 10.5 Å². The Bertz CT molecular complexity index is 619. The topological polar surface area (TPSA) is 35.2 Å².